The summed E-state index contributed by atoms with van der Waals surface area (Å²) in [5.74, 6) is 1.74. The lowest BCUT2D eigenvalue weighted by molar-refractivity contribution is 0.0768. The quantitative estimate of drug-likeness (QED) is 0.663. The first-order valence-corrected chi connectivity index (χ1v) is 4.40. The second kappa shape index (κ2) is 3.55. The molecule has 1 aliphatic carbocycles. The van der Waals surface area contributed by atoms with E-state index in [2.05, 4.69) is 19.2 Å². The highest BCUT2D eigenvalue weighted by Gasteiger charge is 2.41. The minimum absolute atomic E-state index is 0.343. The Hall–Kier alpha value is -0.0800. The summed E-state index contributed by atoms with van der Waals surface area (Å²) in [6.45, 7) is 4.43. The van der Waals surface area contributed by atoms with Gasteiger partial charge in [-0.1, -0.05) is 6.92 Å². The normalized spacial score (nSPS) is 34.9. The molecule has 0 aromatic heterocycles. The molecule has 0 saturated heterocycles. The van der Waals surface area contributed by atoms with Crippen LogP contribution in [-0.4, -0.2) is 26.3 Å². The van der Waals surface area contributed by atoms with E-state index in [1.54, 1.807) is 7.11 Å². The molecule has 1 N–H and O–H groups in total. The van der Waals surface area contributed by atoms with Gasteiger partial charge in [0.2, 0.25) is 0 Å². The van der Waals surface area contributed by atoms with Crippen molar-refractivity contribution >= 4 is 0 Å². The van der Waals surface area contributed by atoms with Crippen molar-refractivity contribution < 1.29 is 4.74 Å². The van der Waals surface area contributed by atoms with Crippen LogP contribution in [0.15, 0.2) is 0 Å². The zero-order chi connectivity index (χ0) is 8.43. The Morgan fingerprint density at radius 1 is 1.55 bits per heavy atom. The first-order valence-electron chi connectivity index (χ1n) is 4.40. The maximum absolute atomic E-state index is 5.29. The first kappa shape index (κ1) is 9.01. The van der Waals surface area contributed by atoms with Crippen molar-refractivity contribution in [2.75, 3.05) is 14.2 Å². The molecule has 2 heteroatoms. The van der Waals surface area contributed by atoms with Crippen LogP contribution in [0.5, 0.6) is 0 Å². The summed E-state index contributed by atoms with van der Waals surface area (Å²) in [6.07, 6.45) is 1.70. The van der Waals surface area contributed by atoms with E-state index in [0.717, 1.165) is 11.8 Å². The van der Waals surface area contributed by atoms with Gasteiger partial charge in [0.15, 0.2) is 0 Å². The van der Waals surface area contributed by atoms with Gasteiger partial charge in [-0.15, -0.1) is 0 Å². The molecule has 0 amide bonds. The number of methoxy groups -OCH3 is 1. The molecule has 0 heterocycles. The number of likely N-dealkylation sites (N-methyl/N-ethyl adjacent to an activating group) is 1. The zero-order valence-corrected chi connectivity index (χ0v) is 7.92. The molecule has 66 valence electrons. The highest BCUT2D eigenvalue weighted by Crippen LogP contribution is 2.41. The molecule has 1 aliphatic rings. The summed E-state index contributed by atoms with van der Waals surface area (Å²) in [5, 5.41) is 3.32. The van der Waals surface area contributed by atoms with Crippen LogP contribution in [0.2, 0.25) is 0 Å². The molecule has 2 nitrogen and oxygen atoms in total. The third-order valence-corrected chi connectivity index (χ3v) is 2.84. The molecule has 0 aliphatic heterocycles. The lowest BCUT2D eigenvalue weighted by atomic mass is 10.1. The lowest BCUT2D eigenvalue weighted by Gasteiger charge is -2.22. The van der Waals surface area contributed by atoms with Crippen molar-refractivity contribution in [3.05, 3.63) is 0 Å². The third-order valence-electron chi connectivity index (χ3n) is 2.84. The smallest absolute Gasteiger partial charge is 0.0698 e. The summed E-state index contributed by atoms with van der Waals surface area (Å²) in [7, 11) is 3.80. The maximum Gasteiger partial charge on any atom is 0.0698 e. The number of nitrogens with one attached hydrogen (secondary N) is 1. The predicted molar refractivity (Wildman–Crippen MR) is 46.6 cm³/mol. The Morgan fingerprint density at radius 3 is 2.36 bits per heavy atom. The van der Waals surface area contributed by atoms with E-state index in [-0.39, 0.29) is 0 Å². The fraction of sp³-hybridized carbons (Fsp3) is 1.00. The van der Waals surface area contributed by atoms with Crippen LogP contribution in [0.3, 0.4) is 0 Å². The van der Waals surface area contributed by atoms with E-state index < -0.39 is 0 Å². The predicted octanol–water partition coefficient (Wildman–Crippen LogP) is 1.27. The van der Waals surface area contributed by atoms with Gasteiger partial charge in [-0.2, -0.15) is 0 Å². The van der Waals surface area contributed by atoms with Crippen LogP contribution >= 0.6 is 0 Å². The van der Waals surface area contributed by atoms with Gasteiger partial charge in [-0.25, -0.2) is 0 Å². The fourth-order valence-electron chi connectivity index (χ4n) is 1.79. The molecule has 0 bridgehead atoms. The monoisotopic (exact) mass is 157 g/mol. The van der Waals surface area contributed by atoms with Crippen molar-refractivity contribution in [2.45, 2.75) is 32.4 Å². The first-order chi connectivity index (χ1) is 5.20. The minimum Gasteiger partial charge on any atom is -0.380 e. The zero-order valence-electron chi connectivity index (χ0n) is 7.92. The molecule has 1 saturated carbocycles. The van der Waals surface area contributed by atoms with Crippen LogP contribution < -0.4 is 5.32 Å². The molecular weight excluding hydrogens is 138 g/mol. The van der Waals surface area contributed by atoms with Gasteiger partial charge < -0.3 is 10.1 Å². The Balaban J connectivity index is 2.37. The van der Waals surface area contributed by atoms with Gasteiger partial charge in [0.1, 0.15) is 0 Å². The van der Waals surface area contributed by atoms with Crippen molar-refractivity contribution in [2.24, 2.45) is 11.8 Å². The van der Waals surface area contributed by atoms with Gasteiger partial charge in [-0.3, -0.25) is 0 Å². The molecule has 11 heavy (non-hydrogen) atoms. The summed E-state index contributed by atoms with van der Waals surface area (Å²) in [4.78, 5) is 0. The van der Waals surface area contributed by atoms with E-state index in [9.17, 15) is 0 Å². The van der Waals surface area contributed by atoms with Gasteiger partial charge in [0.05, 0.1) is 6.10 Å². The molecular formula is C9H19NO. The van der Waals surface area contributed by atoms with E-state index in [0.29, 0.717) is 12.1 Å². The standard InChI is InChI=1S/C9H19NO/c1-6-5-8(6)9(10-3)7(2)11-4/h6-10H,5H2,1-4H3/t6-,7+,8+,9-/m1/s1. The van der Waals surface area contributed by atoms with Crippen LogP contribution in [-0.2, 0) is 4.74 Å². The highest BCUT2D eigenvalue weighted by molar-refractivity contribution is 4.94. The summed E-state index contributed by atoms with van der Waals surface area (Å²) >= 11 is 0. The Bertz CT molecular complexity index is 123. The van der Waals surface area contributed by atoms with Crippen molar-refractivity contribution in [1.82, 2.24) is 5.32 Å². The average molecular weight is 157 g/mol. The van der Waals surface area contributed by atoms with Gasteiger partial charge in [0.25, 0.3) is 0 Å². The molecule has 0 aromatic carbocycles. The van der Waals surface area contributed by atoms with Crippen molar-refractivity contribution in [1.29, 1.82) is 0 Å². The van der Waals surface area contributed by atoms with Gasteiger partial charge >= 0.3 is 0 Å². The number of hydrogen-bond donors (Lipinski definition) is 1. The summed E-state index contributed by atoms with van der Waals surface area (Å²) in [5.41, 5.74) is 0. The summed E-state index contributed by atoms with van der Waals surface area (Å²) in [6, 6.07) is 0.551. The third kappa shape index (κ3) is 1.94. The second-order valence-electron chi connectivity index (χ2n) is 3.63. The largest absolute Gasteiger partial charge is 0.380 e. The number of hydrogen-bond acceptors (Lipinski definition) is 2. The average Bonchev–Trinajstić information content (AvgIpc) is 2.68. The molecule has 0 unspecified atom stereocenters. The van der Waals surface area contributed by atoms with E-state index >= 15 is 0 Å². The van der Waals surface area contributed by atoms with Crippen LogP contribution in [0.4, 0.5) is 0 Å². The SMILES string of the molecule is CN[C@@H]([C@H]1C[C@H]1C)[C@H](C)OC. The van der Waals surface area contributed by atoms with E-state index in [4.69, 9.17) is 4.74 Å². The van der Waals surface area contributed by atoms with Crippen LogP contribution in [0, 0.1) is 11.8 Å². The van der Waals surface area contributed by atoms with Crippen LogP contribution in [0.1, 0.15) is 20.3 Å². The Morgan fingerprint density at radius 2 is 2.09 bits per heavy atom. The minimum atomic E-state index is 0.343. The number of ether oxygens (including phenoxy) is 1. The topological polar surface area (TPSA) is 21.3 Å². The fourth-order valence-corrected chi connectivity index (χ4v) is 1.79. The van der Waals surface area contributed by atoms with Crippen molar-refractivity contribution in [3.63, 3.8) is 0 Å². The Kier molecular flexibility index (Phi) is 2.90. The van der Waals surface area contributed by atoms with Crippen molar-refractivity contribution in [3.8, 4) is 0 Å². The van der Waals surface area contributed by atoms with E-state index in [1.807, 2.05) is 7.05 Å². The van der Waals surface area contributed by atoms with Gasteiger partial charge in [0, 0.05) is 13.2 Å². The van der Waals surface area contributed by atoms with Gasteiger partial charge in [-0.05, 0) is 32.2 Å². The molecule has 0 aromatic rings. The van der Waals surface area contributed by atoms with Crippen LogP contribution in [0.25, 0.3) is 0 Å². The second-order valence-corrected chi connectivity index (χ2v) is 3.63. The highest BCUT2D eigenvalue weighted by atomic mass is 16.5. The number of rotatable bonds is 4. The molecule has 0 radical (unpaired) electrons. The molecule has 1 fully saturated rings. The molecule has 0 spiro atoms. The lowest BCUT2D eigenvalue weighted by Crippen LogP contribution is -2.39. The summed E-state index contributed by atoms with van der Waals surface area (Å²) < 4.78 is 5.29. The molecule has 4 atom stereocenters. The van der Waals surface area contributed by atoms with E-state index in [1.165, 1.54) is 6.42 Å². The molecule has 1 rings (SSSR count). The Labute approximate surface area is 69.3 Å². The maximum atomic E-state index is 5.29.